The van der Waals surface area contributed by atoms with Gasteiger partial charge in [0.25, 0.3) is 0 Å². The van der Waals surface area contributed by atoms with Crippen molar-refractivity contribution in [2.45, 2.75) is 20.4 Å². The van der Waals surface area contributed by atoms with Crippen LogP contribution >= 0.6 is 11.3 Å². The highest BCUT2D eigenvalue weighted by Gasteiger charge is 2.07. The lowest BCUT2D eigenvalue weighted by Crippen LogP contribution is -2.15. The van der Waals surface area contributed by atoms with E-state index < -0.39 is 0 Å². The number of hydrogen-bond acceptors (Lipinski definition) is 4. The monoisotopic (exact) mass is 185 g/mol. The fourth-order valence-electron chi connectivity index (χ4n) is 0.901. The second-order valence-electron chi connectivity index (χ2n) is 2.72. The van der Waals surface area contributed by atoms with Gasteiger partial charge in [0.15, 0.2) is 5.13 Å². The molecule has 0 saturated carbocycles. The van der Waals surface area contributed by atoms with E-state index in [1.165, 1.54) is 4.88 Å². The van der Waals surface area contributed by atoms with Gasteiger partial charge >= 0.3 is 0 Å². The van der Waals surface area contributed by atoms with E-state index >= 15 is 0 Å². The van der Waals surface area contributed by atoms with Crippen molar-refractivity contribution in [3.63, 3.8) is 0 Å². The first-order valence-electron chi connectivity index (χ1n) is 4.06. The van der Waals surface area contributed by atoms with E-state index in [0.29, 0.717) is 6.54 Å². The Labute approximate surface area is 77.2 Å². The third-order valence-corrected chi connectivity index (χ3v) is 3.16. The Morgan fingerprint density at radius 2 is 2.25 bits per heavy atom. The minimum Gasteiger partial charge on any atom is -0.351 e. The molecule has 12 heavy (non-hydrogen) atoms. The summed E-state index contributed by atoms with van der Waals surface area (Å²) < 4.78 is 0. The molecule has 0 aliphatic heterocycles. The molecule has 1 aromatic heterocycles. The van der Waals surface area contributed by atoms with Crippen molar-refractivity contribution in [3.8, 4) is 0 Å². The van der Waals surface area contributed by atoms with Crippen LogP contribution in [0.25, 0.3) is 0 Å². The van der Waals surface area contributed by atoms with Crippen LogP contribution in [0.3, 0.4) is 0 Å². The van der Waals surface area contributed by atoms with Gasteiger partial charge in [0.05, 0.1) is 5.69 Å². The van der Waals surface area contributed by atoms with Crippen molar-refractivity contribution in [1.29, 1.82) is 0 Å². The molecule has 1 heterocycles. The molecule has 0 aromatic carbocycles. The van der Waals surface area contributed by atoms with E-state index in [1.54, 1.807) is 11.3 Å². The summed E-state index contributed by atoms with van der Waals surface area (Å²) in [6.45, 7) is 5.70. The lowest BCUT2D eigenvalue weighted by molar-refractivity contribution is 0.950. The van der Waals surface area contributed by atoms with Gasteiger partial charge < -0.3 is 10.6 Å². The first-order chi connectivity index (χ1) is 5.69. The maximum Gasteiger partial charge on any atom is 0.185 e. The normalized spacial score (nSPS) is 10.3. The highest BCUT2D eigenvalue weighted by atomic mass is 32.1. The molecule has 2 N–H and O–H groups in total. The largest absolute Gasteiger partial charge is 0.351 e. The average molecular weight is 185 g/mol. The van der Waals surface area contributed by atoms with Crippen molar-refractivity contribution < 1.29 is 0 Å². The van der Waals surface area contributed by atoms with Crippen LogP contribution in [0.2, 0.25) is 0 Å². The molecule has 4 heteroatoms. The van der Waals surface area contributed by atoms with Gasteiger partial charge in [-0.05, 0) is 13.8 Å². The zero-order chi connectivity index (χ0) is 9.14. The molecule has 0 radical (unpaired) electrons. The Balaban J connectivity index is 2.88. The molecule has 0 unspecified atom stereocenters. The van der Waals surface area contributed by atoms with E-state index in [4.69, 9.17) is 5.73 Å². The zero-order valence-corrected chi connectivity index (χ0v) is 8.61. The summed E-state index contributed by atoms with van der Waals surface area (Å²) in [7, 11) is 2.04. The van der Waals surface area contributed by atoms with Crippen LogP contribution in [-0.2, 0) is 6.54 Å². The number of anilines is 1. The quantitative estimate of drug-likeness (QED) is 0.773. The summed E-state index contributed by atoms with van der Waals surface area (Å²) in [6, 6.07) is 0. The summed E-state index contributed by atoms with van der Waals surface area (Å²) in [5.41, 5.74) is 6.62. The molecule has 0 bridgehead atoms. The molecule has 0 spiro atoms. The van der Waals surface area contributed by atoms with Crippen LogP contribution in [0.4, 0.5) is 5.13 Å². The maximum absolute atomic E-state index is 5.56. The third kappa shape index (κ3) is 1.76. The number of aryl methyl sites for hydroxylation is 1. The van der Waals surface area contributed by atoms with Crippen LogP contribution in [-0.4, -0.2) is 18.6 Å². The van der Waals surface area contributed by atoms with Crippen LogP contribution < -0.4 is 10.6 Å². The van der Waals surface area contributed by atoms with Crippen molar-refractivity contribution in [1.82, 2.24) is 4.98 Å². The third-order valence-electron chi connectivity index (χ3n) is 1.87. The molecule has 0 aliphatic carbocycles. The number of hydrogen-bond donors (Lipinski definition) is 1. The predicted molar refractivity (Wildman–Crippen MR) is 53.7 cm³/mol. The maximum atomic E-state index is 5.56. The van der Waals surface area contributed by atoms with E-state index in [-0.39, 0.29) is 0 Å². The molecular formula is C8H15N3S. The molecule has 0 fully saturated rings. The summed E-state index contributed by atoms with van der Waals surface area (Å²) in [5, 5.41) is 1.07. The van der Waals surface area contributed by atoms with Crippen molar-refractivity contribution in [3.05, 3.63) is 10.6 Å². The average Bonchev–Trinajstić information content (AvgIpc) is 2.45. The Morgan fingerprint density at radius 1 is 1.58 bits per heavy atom. The second-order valence-corrected chi connectivity index (χ2v) is 3.79. The number of thiazole rings is 1. The Kier molecular flexibility index (Phi) is 3.05. The van der Waals surface area contributed by atoms with Gasteiger partial charge in [0.2, 0.25) is 0 Å². The lowest BCUT2D eigenvalue weighted by Gasteiger charge is -2.11. The molecule has 68 valence electrons. The van der Waals surface area contributed by atoms with E-state index in [2.05, 4.69) is 16.8 Å². The first-order valence-corrected chi connectivity index (χ1v) is 4.88. The number of nitrogens with two attached hydrogens (primary N) is 1. The fourth-order valence-corrected chi connectivity index (χ4v) is 1.87. The zero-order valence-electron chi connectivity index (χ0n) is 7.79. The van der Waals surface area contributed by atoms with Gasteiger partial charge in [-0.3, -0.25) is 0 Å². The standard InChI is InChI=1S/C8H15N3S/c1-4-11(3)8-10-6(2)7(5-9)12-8/h4-5,9H2,1-3H3. The molecular weight excluding hydrogens is 170 g/mol. The molecule has 1 aromatic rings. The van der Waals surface area contributed by atoms with Gasteiger partial charge in [-0.2, -0.15) is 0 Å². The van der Waals surface area contributed by atoms with Crippen molar-refractivity contribution >= 4 is 16.5 Å². The van der Waals surface area contributed by atoms with E-state index in [0.717, 1.165) is 17.4 Å². The summed E-state index contributed by atoms with van der Waals surface area (Å²) >= 11 is 1.68. The van der Waals surface area contributed by atoms with Gasteiger partial charge in [0, 0.05) is 25.0 Å². The van der Waals surface area contributed by atoms with Crippen LogP contribution in [0.1, 0.15) is 17.5 Å². The van der Waals surface area contributed by atoms with Crippen molar-refractivity contribution in [2.75, 3.05) is 18.5 Å². The minimum absolute atomic E-state index is 0.598. The van der Waals surface area contributed by atoms with E-state index in [9.17, 15) is 0 Å². The molecule has 0 aliphatic rings. The van der Waals surface area contributed by atoms with Crippen molar-refractivity contribution in [2.24, 2.45) is 5.73 Å². The Bertz CT molecular complexity index is 257. The second kappa shape index (κ2) is 3.87. The smallest absolute Gasteiger partial charge is 0.185 e. The molecule has 0 saturated heterocycles. The summed E-state index contributed by atoms with van der Waals surface area (Å²) in [4.78, 5) is 7.72. The molecule has 0 amide bonds. The number of aromatic nitrogens is 1. The fraction of sp³-hybridized carbons (Fsp3) is 0.625. The number of rotatable bonds is 3. The van der Waals surface area contributed by atoms with Crippen LogP contribution in [0, 0.1) is 6.92 Å². The molecule has 0 atom stereocenters. The minimum atomic E-state index is 0.598. The van der Waals surface area contributed by atoms with Gasteiger partial charge in [-0.1, -0.05) is 0 Å². The van der Waals surface area contributed by atoms with Gasteiger partial charge in [-0.15, -0.1) is 11.3 Å². The lowest BCUT2D eigenvalue weighted by atomic mass is 10.4. The summed E-state index contributed by atoms with van der Waals surface area (Å²) in [6.07, 6.45) is 0. The number of nitrogens with zero attached hydrogens (tertiary/aromatic N) is 2. The SMILES string of the molecule is CCN(C)c1nc(C)c(CN)s1. The van der Waals surface area contributed by atoms with Crippen LogP contribution in [0.15, 0.2) is 0 Å². The highest BCUT2D eigenvalue weighted by Crippen LogP contribution is 2.24. The topological polar surface area (TPSA) is 42.2 Å². The highest BCUT2D eigenvalue weighted by molar-refractivity contribution is 7.15. The van der Waals surface area contributed by atoms with Crippen LogP contribution in [0.5, 0.6) is 0 Å². The van der Waals surface area contributed by atoms with E-state index in [1.807, 2.05) is 14.0 Å². The molecule has 1 rings (SSSR count). The summed E-state index contributed by atoms with van der Waals surface area (Å²) in [5.74, 6) is 0. The predicted octanol–water partition coefficient (Wildman–Crippen LogP) is 1.37. The molecule has 3 nitrogen and oxygen atoms in total. The first kappa shape index (κ1) is 9.48. The Hall–Kier alpha value is -0.610. The Morgan fingerprint density at radius 3 is 2.67 bits per heavy atom. The van der Waals surface area contributed by atoms with Gasteiger partial charge in [0.1, 0.15) is 0 Å². The van der Waals surface area contributed by atoms with Gasteiger partial charge in [-0.25, -0.2) is 4.98 Å².